The summed E-state index contributed by atoms with van der Waals surface area (Å²) in [7, 11) is 2.15. The van der Waals surface area contributed by atoms with Gasteiger partial charge < -0.3 is 20.2 Å². The number of pyridine rings is 1. The third kappa shape index (κ3) is 4.34. The molecule has 1 aliphatic heterocycles. The Kier molecular flexibility index (Phi) is 6.12. The van der Waals surface area contributed by atoms with Gasteiger partial charge in [0.05, 0.1) is 11.5 Å². The van der Waals surface area contributed by atoms with Gasteiger partial charge in [-0.1, -0.05) is 13.0 Å². The first-order valence-electron chi connectivity index (χ1n) is 13.7. The van der Waals surface area contributed by atoms with Crippen LogP contribution in [0, 0.1) is 5.41 Å². The average molecular weight is 491 g/mol. The zero-order valence-electron chi connectivity index (χ0n) is 21.5. The van der Waals surface area contributed by atoms with E-state index < -0.39 is 0 Å². The van der Waals surface area contributed by atoms with E-state index in [9.17, 15) is 9.90 Å². The molecular weight excluding hydrogens is 452 g/mol. The lowest BCUT2D eigenvalue weighted by Gasteiger charge is -2.34. The molecular formula is C28H38N6O2. The molecule has 0 spiro atoms. The number of aromatic nitrogens is 3. The number of nitrogens with one attached hydrogen (secondary N) is 1. The Bertz CT molecular complexity index is 1320. The second kappa shape index (κ2) is 9.30. The highest BCUT2D eigenvalue weighted by molar-refractivity contribution is 6.05. The maximum absolute atomic E-state index is 14.1. The summed E-state index contributed by atoms with van der Waals surface area (Å²) in [6.07, 6.45) is 8.27. The highest BCUT2D eigenvalue weighted by atomic mass is 16.3. The lowest BCUT2D eigenvalue weighted by atomic mass is 9.92. The first kappa shape index (κ1) is 23.7. The van der Waals surface area contributed by atoms with Crippen LogP contribution >= 0.6 is 0 Å². The molecule has 0 radical (unpaired) electrons. The van der Waals surface area contributed by atoms with Gasteiger partial charge in [0.1, 0.15) is 5.65 Å². The Morgan fingerprint density at radius 3 is 2.50 bits per heavy atom. The quantitative estimate of drug-likeness (QED) is 0.509. The molecule has 3 aliphatic rings. The van der Waals surface area contributed by atoms with Crippen LogP contribution in [0.3, 0.4) is 0 Å². The van der Waals surface area contributed by atoms with Crippen LogP contribution in [0.5, 0.6) is 0 Å². The predicted molar refractivity (Wildman–Crippen MR) is 145 cm³/mol. The highest BCUT2D eigenvalue weighted by Crippen LogP contribution is 2.48. The zero-order chi connectivity index (χ0) is 24.9. The highest BCUT2D eigenvalue weighted by Gasteiger charge is 2.40. The van der Waals surface area contributed by atoms with Crippen molar-refractivity contribution in [2.45, 2.75) is 64.0 Å². The number of benzene rings is 1. The molecule has 2 aromatic heterocycles. The van der Waals surface area contributed by atoms with Crippen LogP contribution in [0.1, 0.15) is 57.9 Å². The number of likely N-dealkylation sites (N-methyl/N-ethyl adjacent to an activating group) is 1. The number of fused-ring (bicyclic) bond motifs is 3. The average Bonchev–Trinajstić information content (AvgIpc) is 3.69. The van der Waals surface area contributed by atoms with Crippen LogP contribution in [0.25, 0.3) is 21.8 Å². The van der Waals surface area contributed by atoms with Gasteiger partial charge in [0.2, 0.25) is 5.95 Å². The maximum atomic E-state index is 14.1. The summed E-state index contributed by atoms with van der Waals surface area (Å²) in [5.41, 5.74) is 2.21. The first-order valence-corrected chi connectivity index (χ1v) is 13.7. The molecule has 2 N–H and O–H groups in total. The number of hydrogen-bond donors (Lipinski definition) is 2. The summed E-state index contributed by atoms with van der Waals surface area (Å²) in [6, 6.07) is 6.32. The maximum Gasteiger partial charge on any atom is 0.260 e. The lowest BCUT2D eigenvalue weighted by Crippen LogP contribution is -2.44. The van der Waals surface area contributed by atoms with E-state index in [0.29, 0.717) is 29.9 Å². The summed E-state index contributed by atoms with van der Waals surface area (Å²) >= 11 is 0. The van der Waals surface area contributed by atoms with Crippen LogP contribution in [0.15, 0.2) is 29.2 Å². The zero-order valence-corrected chi connectivity index (χ0v) is 21.5. The fourth-order valence-corrected chi connectivity index (χ4v) is 6.02. The SMILES string of the molecule is CCC1(CNc2ncc3c4ccc(N5CCN(C)CC5)cc4c(=O)n(C4CCC(O)CC4)c3n2)CC1. The minimum absolute atomic E-state index is 0.0201. The van der Waals surface area contributed by atoms with Crippen molar-refractivity contribution in [1.29, 1.82) is 0 Å². The van der Waals surface area contributed by atoms with Gasteiger partial charge in [-0.05, 0) is 74.9 Å². The monoisotopic (exact) mass is 490 g/mol. The van der Waals surface area contributed by atoms with Gasteiger partial charge in [-0.25, -0.2) is 4.98 Å². The molecule has 3 heterocycles. The third-order valence-corrected chi connectivity index (χ3v) is 8.97. The van der Waals surface area contributed by atoms with E-state index in [1.165, 1.54) is 12.8 Å². The normalized spacial score (nSPS) is 24.4. The molecule has 192 valence electrons. The Labute approximate surface area is 212 Å². The number of anilines is 2. The molecule has 1 aromatic carbocycles. The number of hydrogen-bond acceptors (Lipinski definition) is 7. The van der Waals surface area contributed by atoms with Crippen molar-refractivity contribution in [3.8, 4) is 0 Å². The number of aliphatic hydroxyl groups excluding tert-OH is 1. The second-order valence-corrected chi connectivity index (χ2v) is 11.3. The van der Waals surface area contributed by atoms with Crippen LogP contribution in [0.2, 0.25) is 0 Å². The van der Waals surface area contributed by atoms with Crippen molar-refractivity contribution in [1.82, 2.24) is 19.4 Å². The van der Waals surface area contributed by atoms with Gasteiger partial charge in [-0.3, -0.25) is 9.36 Å². The summed E-state index contributed by atoms with van der Waals surface area (Å²) in [5, 5.41) is 16.1. The minimum atomic E-state index is -0.275. The summed E-state index contributed by atoms with van der Waals surface area (Å²) in [4.78, 5) is 28.4. The van der Waals surface area contributed by atoms with Crippen molar-refractivity contribution in [3.05, 3.63) is 34.7 Å². The van der Waals surface area contributed by atoms with Gasteiger partial charge in [0, 0.05) is 56.0 Å². The molecule has 8 nitrogen and oxygen atoms in total. The Morgan fingerprint density at radius 2 is 1.81 bits per heavy atom. The summed E-state index contributed by atoms with van der Waals surface area (Å²) < 4.78 is 1.91. The number of aliphatic hydroxyl groups is 1. The molecule has 3 aromatic rings. The molecule has 6 rings (SSSR count). The molecule has 0 unspecified atom stereocenters. The Morgan fingerprint density at radius 1 is 1.06 bits per heavy atom. The molecule has 0 atom stereocenters. The van der Waals surface area contributed by atoms with Gasteiger partial charge in [-0.2, -0.15) is 4.98 Å². The van der Waals surface area contributed by atoms with Crippen molar-refractivity contribution in [2.24, 2.45) is 5.41 Å². The van der Waals surface area contributed by atoms with Gasteiger partial charge in [0.25, 0.3) is 5.56 Å². The van der Waals surface area contributed by atoms with E-state index in [2.05, 4.69) is 52.3 Å². The smallest absolute Gasteiger partial charge is 0.260 e. The van der Waals surface area contributed by atoms with Gasteiger partial charge in [-0.15, -0.1) is 0 Å². The van der Waals surface area contributed by atoms with Crippen LogP contribution in [0.4, 0.5) is 11.6 Å². The van der Waals surface area contributed by atoms with E-state index in [0.717, 1.165) is 73.8 Å². The minimum Gasteiger partial charge on any atom is -0.393 e. The summed E-state index contributed by atoms with van der Waals surface area (Å²) in [5.74, 6) is 0.597. The van der Waals surface area contributed by atoms with Crippen LogP contribution < -0.4 is 15.8 Å². The largest absolute Gasteiger partial charge is 0.393 e. The Hall–Kier alpha value is -2.71. The molecule has 2 saturated carbocycles. The van der Waals surface area contributed by atoms with E-state index in [1.54, 1.807) is 0 Å². The van der Waals surface area contributed by atoms with E-state index >= 15 is 0 Å². The lowest BCUT2D eigenvalue weighted by molar-refractivity contribution is 0.111. The molecule has 3 fully saturated rings. The van der Waals surface area contributed by atoms with Crippen molar-refractivity contribution in [3.63, 3.8) is 0 Å². The van der Waals surface area contributed by atoms with Gasteiger partial charge >= 0.3 is 0 Å². The van der Waals surface area contributed by atoms with Crippen molar-refractivity contribution < 1.29 is 5.11 Å². The fourth-order valence-electron chi connectivity index (χ4n) is 6.02. The topological polar surface area (TPSA) is 86.5 Å². The number of nitrogens with zero attached hydrogens (tertiary/aromatic N) is 5. The van der Waals surface area contributed by atoms with Crippen molar-refractivity contribution in [2.75, 3.05) is 50.0 Å². The molecule has 1 saturated heterocycles. The number of rotatable bonds is 6. The second-order valence-electron chi connectivity index (χ2n) is 11.3. The van der Waals surface area contributed by atoms with Gasteiger partial charge in [0.15, 0.2) is 0 Å². The number of piperazine rings is 1. The predicted octanol–water partition coefficient (Wildman–Crippen LogP) is 3.77. The summed E-state index contributed by atoms with van der Waals surface area (Å²) in [6.45, 7) is 7.08. The van der Waals surface area contributed by atoms with Crippen LogP contribution in [-0.2, 0) is 0 Å². The van der Waals surface area contributed by atoms with Crippen molar-refractivity contribution >= 4 is 33.4 Å². The van der Waals surface area contributed by atoms with E-state index in [1.807, 2.05) is 10.8 Å². The molecule has 36 heavy (non-hydrogen) atoms. The fraction of sp³-hybridized carbons (Fsp3) is 0.607. The van der Waals surface area contributed by atoms with E-state index in [4.69, 9.17) is 4.98 Å². The molecule has 8 heteroatoms. The molecule has 2 aliphatic carbocycles. The standard InChI is InChI=1S/C28H38N6O2/c1-3-28(10-11-28)18-30-27-29-17-24-22-9-6-20(33-14-12-32(2)13-15-33)16-23(22)26(36)34(25(24)31-27)19-4-7-21(35)8-5-19/h6,9,16-17,19,21,35H,3-5,7-8,10-15,18H2,1-2H3,(H,29,30,31). The first-order chi connectivity index (χ1) is 17.5. The van der Waals surface area contributed by atoms with Crippen LogP contribution in [-0.4, -0.2) is 70.4 Å². The molecule has 0 bridgehead atoms. The Balaban J connectivity index is 1.45. The van der Waals surface area contributed by atoms with E-state index in [-0.39, 0.29) is 17.7 Å². The molecule has 0 amide bonds. The third-order valence-electron chi connectivity index (χ3n) is 8.97.